The molecule has 6 unspecified atom stereocenters. The van der Waals surface area contributed by atoms with Gasteiger partial charge < -0.3 is 39.4 Å². The van der Waals surface area contributed by atoms with Crippen LogP contribution in [-0.2, 0) is 23.7 Å². The van der Waals surface area contributed by atoms with Gasteiger partial charge in [0.05, 0.1) is 19.8 Å². The van der Waals surface area contributed by atoms with Gasteiger partial charge in [-0.1, -0.05) is 107 Å². The highest BCUT2D eigenvalue weighted by atomic mass is 16.7. The average Bonchev–Trinajstić information content (AvgIpc) is 3.05. The number of rotatable bonds is 27. The molecule has 0 aromatic rings. The largest absolute Gasteiger partial charge is 0.457 e. The maximum atomic E-state index is 12.6. The Labute approximate surface area is 277 Å². The Morgan fingerprint density at radius 3 is 1.91 bits per heavy atom. The highest BCUT2D eigenvalue weighted by Gasteiger charge is 2.44. The highest BCUT2D eigenvalue weighted by molar-refractivity contribution is 5.69. The molecule has 1 aliphatic heterocycles. The SMILES string of the molecule is CC/C=C\C/C=C\C/C=C\C/C=C\C/C=C\CCCC(=O)OC(COCCCCCCCC)COC1OC(CO)C(O)C(O)C1O. The van der Waals surface area contributed by atoms with E-state index in [1.165, 1.54) is 19.3 Å². The van der Waals surface area contributed by atoms with Gasteiger partial charge in [0.2, 0.25) is 0 Å². The summed E-state index contributed by atoms with van der Waals surface area (Å²) >= 11 is 0. The van der Waals surface area contributed by atoms with Crippen molar-refractivity contribution in [2.24, 2.45) is 0 Å². The summed E-state index contributed by atoms with van der Waals surface area (Å²) in [4.78, 5) is 12.6. The summed E-state index contributed by atoms with van der Waals surface area (Å²) < 4.78 is 22.4. The molecule has 0 aromatic carbocycles. The standard InChI is InChI=1S/C37H62O9/c1-3-5-7-9-11-12-13-14-15-16-17-18-19-20-21-22-24-26-33(39)45-31(29-43-27-25-23-10-8-6-4-2)30-44-37-36(42)35(41)34(40)32(28-38)46-37/h5,7,11-12,14-15,17-18,20-21,31-32,34-38,40-42H,3-4,6,8-10,13,16,19,22-30H2,1-2H3/b7-5-,12-11-,15-14-,18-17-,21-20-. The van der Waals surface area contributed by atoms with Gasteiger partial charge in [0.15, 0.2) is 6.29 Å². The topological polar surface area (TPSA) is 135 Å². The van der Waals surface area contributed by atoms with Crippen molar-refractivity contribution >= 4 is 5.97 Å². The second-order valence-electron chi connectivity index (χ2n) is 11.6. The molecule has 9 heteroatoms. The molecule has 0 saturated carbocycles. The number of carbonyl (C=O) groups is 1. The van der Waals surface area contributed by atoms with Crippen molar-refractivity contribution in [2.45, 2.75) is 141 Å². The van der Waals surface area contributed by atoms with Crippen LogP contribution in [0.1, 0.15) is 104 Å². The molecule has 6 atom stereocenters. The van der Waals surface area contributed by atoms with E-state index in [0.29, 0.717) is 13.0 Å². The fraction of sp³-hybridized carbons (Fsp3) is 0.703. The fourth-order valence-corrected chi connectivity index (χ4v) is 4.70. The summed E-state index contributed by atoms with van der Waals surface area (Å²) in [6.07, 6.45) is 27.0. The van der Waals surface area contributed by atoms with Crippen LogP contribution in [0.25, 0.3) is 0 Å². The van der Waals surface area contributed by atoms with Crippen molar-refractivity contribution in [3.05, 3.63) is 60.8 Å². The second-order valence-corrected chi connectivity index (χ2v) is 11.6. The predicted molar refractivity (Wildman–Crippen MR) is 182 cm³/mol. The minimum Gasteiger partial charge on any atom is -0.457 e. The van der Waals surface area contributed by atoms with E-state index < -0.39 is 43.4 Å². The Morgan fingerprint density at radius 1 is 0.717 bits per heavy atom. The summed E-state index contributed by atoms with van der Waals surface area (Å²) in [7, 11) is 0. The van der Waals surface area contributed by atoms with Crippen LogP contribution >= 0.6 is 0 Å². The van der Waals surface area contributed by atoms with Crippen LogP contribution in [0.3, 0.4) is 0 Å². The van der Waals surface area contributed by atoms with Crippen LogP contribution in [0.2, 0.25) is 0 Å². The third kappa shape index (κ3) is 20.9. The van der Waals surface area contributed by atoms with Gasteiger partial charge in [-0.25, -0.2) is 0 Å². The molecule has 1 fully saturated rings. The number of unbranched alkanes of at least 4 members (excludes halogenated alkanes) is 6. The maximum absolute atomic E-state index is 12.6. The second kappa shape index (κ2) is 29.1. The molecule has 1 aliphatic rings. The molecule has 0 aromatic heterocycles. The van der Waals surface area contributed by atoms with E-state index in [1.54, 1.807) is 0 Å². The smallest absolute Gasteiger partial charge is 0.306 e. The zero-order chi connectivity index (χ0) is 33.7. The van der Waals surface area contributed by atoms with Crippen LogP contribution < -0.4 is 0 Å². The van der Waals surface area contributed by atoms with Crippen molar-refractivity contribution in [1.82, 2.24) is 0 Å². The Kier molecular flexibility index (Phi) is 26.5. The third-order valence-corrected chi connectivity index (χ3v) is 7.45. The molecule has 4 N–H and O–H groups in total. The van der Waals surface area contributed by atoms with Crippen LogP contribution in [-0.4, -0.2) is 89.6 Å². The van der Waals surface area contributed by atoms with E-state index in [-0.39, 0.29) is 25.6 Å². The van der Waals surface area contributed by atoms with Crippen molar-refractivity contribution < 1.29 is 44.2 Å². The van der Waals surface area contributed by atoms with Gasteiger partial charge in [-0.05, 0) is 51.4 Å². The fourth-order valence-electron chi connectivity index (χ4n) is 4.70. The number of esters is 1. The van der Waals surface area contributed by atoms with Crippen molar-refractivity contribution in [1.29, 1.82) is 0 Å². The zero-order valence-corrected chi connectivity index (χ0v) is 28.3. The van der Waals surface area contributed by atoms with Gasteiger partial charge in [0, 0.05) is 13.0 Å². The highest BCUT2D eigenvalue weighted by Crippen LogP contribution is 2.22. The molecular weight excluding hydrogens is 588 g/mol. The first kappa shape index (κ1) is 41.9. The Balaban J connectivity index is 2.38. The number of aliphatic hydroxyl groups excluding tert-OH is 4. The van der Waals surface area contributed by atoms with Crippen molar-refractivity contribution in [3.63, 3.8) is 0 Å². The van der Waals surface area contributed by atoms with E-state index >= 15 is 0 Å². The monoisotopic (exact) mass is 650 g/mol. The van der Waals surface area contributed by atoms with Crippen LogP contribution in [0.5, 0.6) is 0 Å². The Morgan fingerprint density at radius 2 is 1.30 bits per heavy atom. The first-order chi connectivity index (χ1) is 22.4. The Hall–Kier alpha value is -2.11. The van der Waals surface area contributed by atoms with E-state index in [9.17, 15) is 25.2 Å². The minimum atomic E-state index is -1.54. The molecule has 1 saturated heterocycles. The van der Waals surface area contributed by atoms with Gasteiger partial charge >= 0.3 is 5.97 Å². The molecular formula is C37H62O9. The molecule has 0 bridgehead atoms. The van der Waals surface area contributed by atoms with E-state index in [1.807, 2.05) is 0 Å². The lowest BCUT2D eigenvalue weighted by Gasteiger charge is -2.39. The molecule has 0 amide bonds. The lowest BCUT2D eigenvalue weighted by Crippen LogP contribution is -2.59. The lowest BCUT2D eigenvalue weighted by atomic mass is 9.99. The number of allylic oxidation sites excluding steroid dienone is 10. The molecule has 1 rings (SSSR count). The van der Waals surface area contributed by atoms with Crippen LogP contribution in [0.4, 0.5) is 0 Å². The molecule has 264 valence electrons. The molecule has 1 heterocycles. The molecule has 0 radical (unpaired) electrons. The third-order valence-electron chi connectivity index (χ3n) is 7.45. The van der Waals surface area contributed by atoms with Gasteiger partial charge in [-0.2, -0.15) is 0 Å². The minimum absolute atomic E-state index is 0.118. The zero-order valence-electron chi connectivity index (χ0n) is 28.3. The van der Waals surface area contributed by atoms with E-state index in [2.05, 4.69) is 74.6 Å². The summed E-state index contributed by atoms with van der Waals surface area (Å²) in [6.45, 7) is 4.28. The van der Waals surface area contributed by atoms with Gasteiger partial charge in [0.1, 0.15) is 30.5 Å². The van der Waals surface area contributed by atoms with Gasteiger partial charge in [-0.15, -0.1) is 0 Å². The lowest BCUT2D eigenvalue weighted by molar-refractivity contribution is -0.305. The quantitative estimate of drug-likeness (QED) is 0.0479. The normalized spacial score (nSPS) is 23.1. The number of aliphatic hydroxyl groups is 4. The summed E-state index contributed by atoms with van der Waals surface area (Å²) in [5, 5.41) is 39.7. The molecule has 46 heavy (non-hydrogen) atoms. The van der Waals surface area contributed by atoms with Crippen molar-refractivity contribution in [3.8, 4) is 0 Å². The predicted octanol–water partition coefficient (Wildman–Crippen LogP) is 6.01. The van der Waals surface area contributed by atoms with Crippen LogP contribution in [0.15, 0.2) is 60.8 Å². The molecule has 0 aliphatic carbocycles. The first-order valence-corrected chi connectivity index (χ1v) is 17.4. The summed E-state index contributed by atoms with van der Waals surface area (Å²) in [5.74, 6) is -0.377. The van der Waals surface area contributed by atoms with Crippen molar-refractivity contribution in [2.75, 3.05) is 26.4 Å². The molecule has 9 nitrogen and oxygen atoms in total. The van der Waals surface area contributed by atoms with Gasteiger partial charge in [0.25, 0.3) is 0 Å². The van der Waals surface area contributed by atoms with Crippen LogP contribution in [0, 0.1) is 0 Å². The van der Waals surface area contributed by atoms with E-state index in [0.717, 1.165) is 57.8 Å². The summed E-state index contributed by atoms with van der Waals surface area (Å²) in [6, 6.07) is 0. The maximum Gasteiger partial charge on any atom is 0.306 e. The summed E-state index contributed by atoms with van der Waals surface area (Å²) in [5.41, 5.74) is 0. The Bertz CT molecular complexity index is 880. The molecule has 0 spiro atoms. The number of hydrogen-bond donors (Lipinski definition) is 4. The van der Waals surface area contributed by atoms with Gasteiger partial charge in [-0.3, -0.25) is 4.79 Å². The van der Waals surface area contributed by atoms with E-state index in [4.69, 9.17) is 18.9 Å². The average molecular weight is 651 g/mol. The number of ether oxygens (including phenoxy) is 4. The first-order valence-electron chi connectivity index (χ1n) is 17.4. The number of hydrogen-bond acceptors (Lipinski definition) is 9. The number of carbonyl (C=O) groups excluding carboxylic acids is 1.